The van der Waals surface area contributed by atoms with Crippen LogP contribution in [0.4, 0.5) is 5.69 Å². The molecular weight excluding hydrogens is 478 g/mol. The van der Waals surface area contributed by atoms with E-state index in [4.69, 9.17) is 4.74 Å². The Balaban J connectivity index is 2.46. The van der Waals surface area contributed by atoms with Crippen LogP contribution in [0.25, 0.3) is 0 Å². The Hall–Kier alpha value is -3.07. The number of amides is 2. The summed E-state index contributed by atoms with van der Waals surface area (Å²) in [6, 6.07) is 12.1. The molecule has 0 saturated heterocycles. The molecule has 36 heavy (non-hydrogen) atoms. The first-order valence-corrected chi connectivity index (χ1v) is 14.1. The SMILES string of the molecule is CCCCNC(=O)[C@@H](CC)N(Cc1ccc(C)cc1)C(=O)CN(c1cc(C)ccc1OC)S(C)(=O)=O. The van der Waals surface area contributed by atoms with E-state index in [9.17, 15) is 18.0 Å². The number of nitrogens with one attached hydrogen (secondary N) is 1. The predicted octanol–water partition coefficient (Wildman–Crippen LogP) is 3.80. The number of sulfonamides is 1. The number of aryl methyl sites for hydroxylation is 2. The van der Waals surface area contributed by atoms with Crippen molar-refractivity contribution in [3.63, 3.8) is 0 Å². The number of ether oxygens (including phenoxy) is 1. The van der Waals surface area contributed by atoms with E-state index in [1.165, 1.54) is 12.0 Å². The van der Waals surface area contributed by atoms with Crippen LogP contribution < -0.4 is 14.4 Å². The zero-order valence-electron chi connectivity index (χ0n) is 22.2. The highest BCUT2D eigenvalue weighted by atomic mass is 32.2. The maximum absolute atomic E-state index is 13.8. The third kappa shape index (κ3) is 7.98. The average molecular weight is 518 g/mol. The van der Waals surface area contributed by atoms with Crippen molar-refractivity contribution < 1.29 is 22.7 Å². The molecule has 0 aromatic heterocycles. The van der Waals surface area contributed by atoms with Gasteiger partial charge < -0.3 is 15.0 Å². The summed E-state index contributed by atoms with van der Waals surface area (Å²) in [7, 11) is -2.39. The molecule has 0 unspecified atom stereocenters. The second-order valence-electron chi connectivity index (χ2n) is 9.02. The largest absolute Gasteiger partial charge is 0.495 e. The summed E-state index contributed by atoms with van der Waals surface area (Å²) in [5.74, 6) is -0.374. The molecule has 8 nitrogen and oxygen atoms in total. The van der Waals surface area contributed by atoms with Gasteiger partial charge in [-0.05, 0) is 49.9 Å². The zero-order valence-corrected chi connectivity index (χ0v) is 23.0. The van der Waals surface area contributed by atoms with E-state index in [1.807, 2.05) is 58.0 Å². The lowest BCUT2D eigenvalue weighted by Gasteiger charge is -2.33. The Kier molecular flexibility index (Phi) is 10.8. The number of hydrogen-bond acceptors (Lipinski definition) is 5. The highest BCUT2D eigenvalue weighted by Gasteiger charge is 2.32. The molecular formula is C27H39N3O5S. The number of carbonyl (C=O) groups is 2. The number of methoxy groups -OCH3 is 1. The van der Waals surface area contributed by atoms with Gasteiger partial charge in [-0.1, -0.05) is 56.2 Å². The monoisotopic (exact) mass is 517 g/mol. The van der Waals surface area contributed by atoms with Crippen molar-refractivity contribution in [3.8, 4) is 5.75 Å². The molecule has 2 amide bonds. The molecule has 0 aliphatic carbocycles. The van der Waals surface area contributed by atoms with Gasteiger partial charge in [-0.25, -0.2) is 8.42 Å². The molecule has 0 bridgehead atoms. The Labute approximate surface area is 215 Å². The number of hydrogen-bond donors (Lipinski definition) is 1. The summed E-state index contributed by atoms with van der Waals surface area (Å²) in [6.45, 7) is 7.94. The van der Waals surface area contributed by atoms with Gasteiger partial charge in [-0.3, -0.25) is 13.9 Å². The molecule has 1 atom stereocenters. The van der Waals surface area contributed by atoms with Gasteiger partial charge in [0, 0.05) is 13.1 Å². The molecule has 0 heterocycles. The summed E-state index contributed by atoms with van der Waals surface area (Å²) in [5, 5.41) is 2.92. The van der Waals surface area contributed by atoms with Crippen molar-refractivity contribution >= 4 is 27.5 Å². The van der Waals surface area contributed by atoms with E-state index in [-0.39, 0.29) is 18.1 Å². The van der Waals surface area contributed by atoms with Gasteiger partial charge in [0.25, 0.3) is 0 Å². The van der Waals surface area contributed by atoms with Crippen LogP contribution >= 0.6 is 0 Å². The normalized spacial score (nSPS) is 12.1. The minimum atomic E-state index is -3.84. The number of rotatable bonds is 13. The smallest absolute Gasteiger partial charge is 0.244 e. The predicted molar refractivity (Wildman–Crippen MR) is 144 cm³/mol. The first-order valence-electron chi connectivity index (χ1n) is 12.3. The fraction of sp³-hybridized carbons (Fsp3) is 0.481. The van der Waals surface area contributed by atoms with Crippen LogP contribution in [0.1, 0.15) is 49.8 Å². The molecule has 0 fully saturated rings. The Morgan fingerprint density at radius 3 is 2.22 bits per heavy atom. The molecule has 0 aliphatic rings. The van der Waals surface area contributed by atoms with Crippen LogP contribution in [0.5, 0.6) is 5.75 Å². The second-order valence-corrected chi connectivity index (χ2v) is 10.9. The first-order chi connectivity index (χ1) is 17.0. The highest BCUT2D eigenvalue weighted by molar-refractivity contribution is 7.92. The van der Waals surface area contributed by atoms with E-state index in [0.717, 1.165) is 40.1 Å². The topological polar surface area (TPSA) is 96.0 Å². The van der Waals surface area contributed by atoms with Gasteiger partial charge in [-0.2, -0.15) is 0 Å². The molecule has 0 radical (unpaired) electrons. The lowest BCUT2D eigenvalue weighted by Crippen LogP contribution is -2.52. The number of carbonyl (C=O) groups excluding carboxylic acids is 2. The Morgan fingerprint density at radius 2 is 1.67 bits per heavy atom. The van der Waals surface area contributed by atoms with Crippen molar-refractivity contribution in [1.82, 2.24) is 10.2 Å². The minimum Gasteiger partial charge on any atom is -0.495 e. The minimum absolute atomic E-state index is 0.182. The van der Waals surface area contributed by atoms with Gasteiger partial charge in [0.15, 0.2) is 0 Å². The van der Waals surface area contributed by atoms with Crippen molar-refractivity contribution in [2.45, 2.75) is 59.5 Å². The summed E-state index contributed by atoms with van der Waals surface area (Å²) in [6.07, 6.45) is 3.22. The van der Waals surface area contributed by atoms with E-state index in [1.54, 1.807) is 12.1 Å². The Bertz CT molecular complexity index is 1130. The zero-order chi connectivity index (χ0) is 26.9. The molecule has 198 valence electrons. The van der Waals surface area contributed by atoms with E-state index >= 15 is 0 Å². The molecule has 9 heteroatoms. The van der Waals surface area contributed by atoms with E-state index in [2.05, 4.69) is 5.32 Å². The van der Waals surface area contributed by atoms with Crippen LogP contribution in [0.3, 0.4) is 0 Å². The number of unbranched alkanes of at least 4 members (excludes halogenated alkanes) is 1. The second kappa shape index (κ2) is 13.3. The summed E-state index contributed by atoms with van der Waals surface area (Å²) in [5.41, 5.74) is 3.04. The van der Waals surface area contributed by atoms with E-state index in [0.29, 0.717) is 18.7 Å². The molecule has 2 aromatic rings. The van der Waals surface area contributed by atoms with Crippen LogP contribution in [0, 0.1) is 13.8 Å². The lowest BCUT2D eigenvalue weighted by molar-refractivity contribution is -0.140. The molecule has 2 rings (SSSR count). The molecule has 2 aromatic carbocycles. The molecule has 0 aliphatic heterocycles. The average Bonchev–Trinajstić information content (AvgIpc) is 2.83. The maximum Gasteiger partial charge on any atom is 0.244 e. The van der Waals surface area contributed by atoms with Gasteiger partial charge >= 0.3 is 0 Å². The third-order valence-corrected chi connectivity index (χ3v) is 7.10. The van der Waals surface area contributed by atoms with Crippen LogP contribution in [-0.4, -0.2) is 57.6 Å². The van der Waals surface area contributed by atoms with E-state index < -0.39 is 28.5 Å². The Morgan fingerprint density at radius 1 is 1.03 bits per heavy atom. The van der Waals surface area contributed by atoms with Crippen LogP contribution in [0.15, 0.2) is 42.5 Å². The number of nitrogens with zero attached hydrogens (tertiary/aromatic N) is 2. The van der Waals surface area contributed by atoms with Crippen LogP contribution in [0.2, 0.25) is 0 Å². The number of benzene rings is 2. The summed E-state index contributed by atoms with van der Waals surface area (Å²) < 4.78 is 32.1. The summed E-state index contributed by atoms with van der Waals surface area (Å²) >= 11 is 0. The third-order valence-electron chi connectivity index (χ3n) is 5.97. The van der Waals surface area contributed by atoms with Gasteiger partial charge in [0.1, 0.15) is 18.3 Å². The van der Waals surface area contributed by atoms with Crippen molar-refractivity contribution in [2.24, 2.45) is 0 Å². The van der Waals surface area contributed by atoms with Gasteiger partial charge in [0.2, 0.25) is 21.8 Å². The molecule has 0 saturated carbocycles. The summed E-state index contributed by atoms with van der Waals surface area (Å²) in [4.78, 5) is 28.3. The van der Waals surface area contributed by atoms with Gasteiger partial charge in [-0.15, -0.1) is 0 Å². The van der Waals surface area contributed by atoms with Crippen molar-refractivity contribution in [3.05, 3.63) is 59.2 Å². The first kappa shape index (κ1) is 29.2. The van der Waals surface area contributed by atoms with Crippen molar-refractivity contribution in [1.29, 1.82) is 0 Å². The fourth-order valence-corrected chi connectivity index (χ4v) is 4.75. The number of anilines is 1. The molecule has 0 spiro atoms. The lowest BCUT2D eigenvalue weighted by atomic mass is 10.1. The van der Waals surface area contributed by atoms with Crippen molar-refractivity contribution in [2.75, 3.05) is 30.8 Å². The van der Waals surface area contributed by atoms with Gasteiger partial charge in [0.05, 0.1) is 19.1 Å². The molecule has 1 N–H and O–H groups in total. The standard InChI is InChI=1S/C27H39N3O5S/c1-7-9-16-28-27(32)23(8-2)29(18-22-13-10-20(3)11-14-22)26(31)19-30(36(6,33)34)24-17-21(4)12-15-25(24)35-5/h10-15,17,23H,7-9,16,18-19H2,1-6H3,(H,28,32)/t23-/m1/s1. The quantitative estimate of drug-likeness (QED) is 0.408. The maximum atomic E-state index is 13.8. The highest BCUT2D eigenvalue weighted by Crippen LogP contribution is 2.31. The van der Waals surface area contributed by atoms with Crippen LogP contribution in [-0.2, 0) is 26.2 Å². The fourth-order valence-electron chi connectivity index (χ4n) is 3.91.